The van der Waals surface area contributed by atoms with Gasteiger partial charge < -0.3 is 10.2 Å². The Morgan fingerprint density at radius 3 is 2.50 bits per heavy atom. The van der Waals surface area contributed by atoms with Gasteiger partial charge in [-0.1, -0.05) is 13.8 Å². The van der Waals surface area contributed by atoms with E-state index in [4.69, 9.17) is 0 Å². The third-order valence-electron chi connectivity index (χ3n) is 3.09. The van der Waals surface area contributed by atoms with Crippen molar-refractivity contribution < 1.29 is 0 Å². The summed E-state index contributed by atoms with van der Waals surface area (Å²) < 4.78 is 0. The van der Waals surface area contributed by atoms with Crippen molar-refractivity contribution in [1.82, 2.24) is 10.2 Å². The van der Waals surface area contributed by atoms with Gasteiger partial charge in [0, 0.05) is 11.8 Å². The molecule has 2 nitrogen and oxygen atoms in total. The van der Waals surface area contributed by atoms with E-state index in [-0.39, 0.29) is 0 Å². The average Bonchev–Trinajstić information content (AvgIpc) is 2.78. The van der Waals surface area contributed by atoms with Crippen LogP contribution in [0.5, 0.6) is 0 Å². The molecular formula is C13H28N2S. The van der Waals surface area contributed by atoms with Gasteiger partial charge in [0.25, 0.3) is 0 Å². The minimum Gasteiger partial charge on any atom is -0.313 e. The second kappa shape index (κ2) is 9.32. The summed E-state index contributed by atoms with van der Waals surface area (Å²) >= 11 is 2.09. The van der Waals surface area contributed by atoms with Crippen molar-refractivity contribution in [2.24, 2.45) is 0 Å². The Bertz CT molecular complexity index is 152. The van der Waals surface area contributed by atoms with Crippen LogP contribution in [-0.2, 0) is 0 Å². The molecule has 0 aromatic rings. The van der Waals surface area contributed by atoms with Gasteiger partial charge in [-0.2, -0.15) is 11.8 Å². The fourth-order valence-corrected chi connectivity index (χ4v) is 3.46. The van der Waals surface area contributed by atoms with E-state index in [2.05, 4.69) is 35.8 Å². The van der Waals surface area contributed by atoms with Crippen LogP contribution in [0.3, 0.4) is 0 Å². The second-order valence-corrected chi connectivity index (χ2v) is 5.86. The van der Waals surface area contributed by atoms with E-state index in [1.165, 1.54) is 63.4 Å². The minimum absolute atomic E-state index is 0.802. The van der Waals surface area contributed by atoms with Gasteiger partial charge in [0.15, 0.2) is 0 Å². The molecule has 1 N–H and O–H groups in total. The van der Waals surface area contributed by atoms with Crippen LogP contribution in [-0.4, -0.2) is 48.6 Å². The SMILES string of the molecule is CCCN(CCC)CCCNC1CCSC1. The Morgan fingerprint density at radius 2 is 1.94 bits per heavy atom. The van der Waals surface area contributed by atoms with Crippen molar-refractivity contribution >= 4 is 11.8 Å². The zero-order chi connectivity index (χ0) is 11.6. The van der Waals surface area contributed by atoms with E-state index in [0.717, 1.165) is 6.04 Å². The molecule has 0 radical (unpaired) electrons. The summed E-state index contributed by atoms with van der Waals surface area (Å²) in [5.74, 6) is 2.68. The predicted octanol–water partition coefficient (Wildman–Crippen LogP) is 2.59. The zero-order valence-electron chi connectivity index (χ0n) is 11.0. The summed E-state index contributed by atoms with van der Waals surface area (Å²) in [5.41, 5.74) is 0. The fraction of sp³-hybridized carbons (Fsp3) is 1.00. The van der Waals surface area contributed by atoms with Gasteiger partial charge in [-0.05, 0) is 57.6 Å². The van der Waals surface area contributed by atoms with E-state index in [0.29, 0.717) is 0 Å². The van der Waals surface area contributed by atoms with Gasteiger partial charge in [0.2, 0.25) is 0 Å². The first kappa shape index (κ1) is 14.3. The maximum absolute atomic E-state index is 3.67. The van der Waals surface area contributed by atoms with Crippen molar-refractivity contribution in [1.29, 1.82) is 0 Å². The van der Waals surface area contributed by atoms with Crippen LogP contribution in [0.25, 0.3) is 0 Å². The molecule has 3 heteroatoms. The number of nitrogens with one attached hydrogen (secondary N) is 1. The second-order valence-electron chi connectivity index (χ2n) is 4.71. The Labute approximate surface area is 106 Å². The van der Waals surface area contributed by atoms with Gasteiger partial charge in [-0.25, -0.2) is 0 Å². The highest BCUT2D eigenvalue weighted by molar-refractivity contribution is 7.99. The maximum Gasteiger partial charge on any atom is 0.0166 e. The topological polar surface area (TPSA) is 15.3 Å². The molecule has 0 aliphatic carbocycles. The maximum atomic E-state index is 3.67. The minimum atomic E-state index is 0.802. The highest BCUT2D eigenvalue weighted by Crippen LogP contribution is 2.16. The van der Waals surface area contributed by atoms with Crippen LogP contribution in [0.1, 0.15) is 39.5 Å². The summed E-state index contributed by atoms with van der Waals surface area (Å²) in [6.07, 6.45) is 5.25. The summed E-state index contributed by atoms with van der Waals surface area (Å²) in [6.45, 7) is 9.57. The molecular weight excluding hydrogens is 216 g/mol. The van der Waals surface area contributed by atoms with E-state index < -0.39 is 0 Å². The van der Waals surface area contributed by atoms with Crippen molar-refractivity contribution in [3.05, 3.63) is 0 Å². The zero-order valence-corrected chi connectivity index (χ0v) is 11.8. The molecule has 0 spiro atoms. The number of thioether (sulfide) groups is 1. The molecule has 96 valence electrons. The first-order chi connectivity index (χ1) is 7.86. The first-order valence-corrected chi connectivity index (χ1v) is 8.05. The largest absolute Gasteiger partial charge is 0.313 e. The summed E-state index contributed by atoms with van der Waals surface area (Å²) in [6, 6.07) is 0.802. The smallest absolute Gasteiger partial charge is 0.0166 e. The molecule has 16 heavy (non-hydrogen) atoms. The van der Waals surface area contributed by atoms with E-state index in [9.17, 15) is 0 Å². The van der Waals surface area contributed by atoms with Crippen molar-refractivity contribution in [3.63, 3.8) is 0 Å². The summed E-state index contributed by atoms with van der Waals surface area (Å²) in [4.78, 5) is 2.60. The van der Waals surface area contributed by atoms with Crippen molar-refractivity contribution in [2.45, 2.75) is 45.6 Å². The molecule has 1 aliphatic rings. The predicted molar refractivity (Wildman–Crippen MR) is 75.4 cm³/mol. The molecule has 1 aliphatic heterocycles. The molecule has 1 rings (SSSR count). The lowest BCUT2D eigenvalue weighted by molar-refractivity contribution is 0.269. The molecule has 1 fully saturated rings. The molecule has 0 aromatic heterocycles. The number of hydrogen-bond acceptors (Lipinski definition) is 3. The molecule has 0 aromatic carbocycles. The molecule has 1 heterocycles. The van der Waals surface area contributed by atoms with Gasteiger partial charge in [0.1, 0.15) is 0 Å². The highest BCUT2D eigenvalue weighted by Gasteiger charge is 2.13. The molecule has 1 atom stereocenters. The molecule has 0 amide bonds. The number of rotatable bonds is 9. The Balaban J connectivity index is 1.98. The molecule has 0 saturated carbocycles. The van der Waals surface area contributed by atoms with Gasteiger partial charge in [0.05, 0.1) is 0 Å². The lowest BCUT2D eigenvalue weighted by Gasteiger charge is -2.21. The van der Waals surface area contributed by atoms with Gasteiger partial charge in [-0.3, -0.25) is 0 Å². The molecule has 1 unspecified atom stereocenters. The monoisotopic (exact) mass is 244 g/mol. The fourth-order valence-electron chi connectivity index (χ4n) is 2.27. The van der Waals surface area contributed by atoms with Crippen LogP contribution in [0, 0.1) is 0 Å². The molecule has 0 bridgehead atoms. The standard InChI is InChI=1S/C13H28N2S/c1-3-8-15(9-4-2)10-5-7-14-13-6-11-16-12-13/h13-14H,3-12H2,1-2H3. The van der Waals surface area contributed by atoms with Crippen molar-refractivity contribution in [2.75, 3.05) is 37.7 Å². The van der Waals surface area contributed by atoms with Crippen LogP contribution in [0.4, 0.5) is 0 Å². The Hall–Kier alpha value is 0.270. The lowest BCUT2D eigenvalue weighted by atomic mass is 10.2. The highest BCUT2D eigenvalue weighted by atomic mass is 32.2. The molecule has 1 saturated heterocycles. The summed E-state index contributed by atoms with van der Waals surface area (Å²) in [5, 5.41) is 3.67. The van der Waals surface area contributed by atoms with E-state index in [1.54, 1.807) is 0 Å². The van der Waals surface area contributed by atoms with Crippen molar-refractivity contribution in [3.8, 4) is 0 Å². The van der Waals surface area contributed by atoms with Gasteiger partial charge >= 0.3 is 0 Å². The normalized spacial score (nSPS) is 20.8. The van der Waals surface area contributed by atoms with Gasteiger partial charge in [-0.15, -0.1) is 0 Å². The van der Waals surface area contributed by atoms with E-state index in [1.807, 2.05) is 0 Å². The van der Waals surface area contributed by atoms with Crippen LogP contribution >= 0.6 is 11.8 Å². The summed E-state index contributed by atoms with van der Waals surface area (Å²) in [7, 11) is 0. The lowest BCUT2D eigenvalue weighted by Crippen LogP contribution is -2.33. The Kier molecular flexibility index (Phi) is 8.34. The number of nitrogens with zero attached hydrogens (tertiary/aromatic N) is 1. The van der Waals surface area contributed by atoms with Crippen LogP contribution in [0.15, 0.2) is 0 Å². The first-order valence-electron chi connectivity index (χ1n) is 6.90. The van der Waals surface area contributed by atoms with E-state index >= 15 is 0 Å². The third-order valence-corrected chi connectivity index (χ3v) is 4.26. The number of hydrogen-bond donors (Lipinski definition) is 1. The third kappa shape index (κ3) is 6.12. The average molecular weight is 244 g/mol. The Morgan fingerprint density at radius 1 is 1.19 bits per heavy atom. The quantitative estimate of drug-likeness (QED) is 0.628. The van der Waals surface area contributed by atoms with Crippen LogP contribution < -0.4 is 5.32 Å². The van der Waals surface area contributed by atoms with Crippen LogP contribution in [0.2, 0.25) is 0 Å².